The van der Waals surface area contributed by atoms with Crippen LogP contribution >= 0.6 is 0 Å². The summed E-state index contributed by atoms with van der Waals surface area (Å²) in [6, 6.07) is 9.46. The van der Waals surface area contributed by atoms with Crippen molar-refractivity contribution in [2.24, 2.45) is 16.7 Å². The minimum absolute atomic E-state index is 0.0211. The fourth-order valence-corrected chi connectivity index (χ4v) is 5.59. The number of esters is 3. The second kappa shape index (κ2) is 23.6. The summed E-state index contributed by atoms with van der Waals surface area (Å²) in [4.78, 5) is 40.5. The van der Waals surface area contributed by atoms with Crippen molar-refractivity contribution >= 4 is 17.9 Å². The smallest absolute Gasteiger partial charge is 0.311 e. The number of hydrogen-bond acceptors (Lipinski definition) is 9. The molecule has 0 spiro atoms. The molecule has 46 heavy (non-hydrogen) atoms. The van der Waals surface area contributed by atoms with Gasteiger partial charge in [0.1, 0.15) is 32.2 Å². The van der Waals surface area contributed by atoms with E-state index < -0.39 is 10.8 Å². The summed E-state index contributed by atoms with van der Waals surface area (Å²) in [5, 5.41) is 8.99. The van der Waals surface area contributed by atoms with Gasteiger partial charge in [0.15, 0.2) is 0 Å². The molecule has 1 rings (SSSR count). The molecular formula is C37H63NO8. The molecule has 3 atom stereocenters. The summed E-state index contributed by atoms with van der Waals surface area (Å²) < 4.78 is 22.1. The van der Waals surface area contributed by atoms with Gasteiger partial charge >= 0.3 is 17.9 Å². The van der Waals surface area contributed by atoms with Crippen LogP contribution < -0.4 is 4.74 Å². The molecule has 9 nitrogen and oxygen atoms in total. The summed E-state index contributed by atoms with van der Waals surface area (Å²) in [6.45, 7) is 9.45. The lowest BCUT2D eigenvalue weighted by Gasteiger charge is -2.27. The van der Waals surface area contributed by atoms with Crippen molar-refractivity contribution in [3.05, 3.63) is 30.3 Å². The third kappa shape index (κ3) is 16.8. The Balaban J connectivity index is 2.63. The third-order valence-corrected chi connectivity index (χ3v) is 8.90. The van der Waals surface area contributed by atoms with E-state index in [-0.39, 0.29) is 43.6 Å². The molecule has 0 aliphatic carbocycles. The zero-order valence-corrected chi connectivity index (χ0v) is 29.7. The van der Waals surface area contributed by atoms with Crippen molar-refractivity contribution in [3.63, 3.8) is 0 Å². The van der Waals surface area contributed by atoms with Crippen LogP contribution in [0.15, 0.2) is 30.3 Å². The van der Waals surface area contributed by atoms with E-state index >= 15 is 0 Å². The van der Waals surface area contributed by atoms with E-state index in [9.17, 15) is 14.4 Å². The second-order valence-electron chi connectivity index (χ2n) is 13.2. The number of aliphatic hydroxyl groups is 1. The number of unbranched alkanes of at least 4 members (excludes halogenated alkanes) is 4. The van der Waals surface area contributed by atoms with E-state index in [4.69, 9.17) is 24.1 Å². The molecule has 0 aromatic heterocycles. The zero-order valence-electron chi connectivity index (χ0n) is 29.7. The molecule has 1 aromatic carbocycles. The van der Waals surface area contributed by atoms with Crippen LogP contribution in [0.1, 0.15) is 111 Å². The van der Waals surface area contributed by atoms with Gasteiger partial charge in [0, 0.05) is 6.54 Å². The molecule has 0 saturated carbocycles. The van der Waals surface area contributed by atoms with Crippen molar-refractivity contribution in [3.8, 4) is 5.75 Å². The first-order valence-corrected chi connectivity index (χ1v) is 17.5. The number of carbonyl (C=O) groups is 3. The van der Waals surface area contributed by atoms with Crippen LogP contribution in [-0.4, -0.2) is 81.6 Å². The van der Waals surface area contributed by atoms with Gasteiger partial charge in [-0.15, -0.1) is 0 Å². The predicted octanol–water partition coefficient (Wildman–Crippen LogP) is 6.99. The maximum absolute atomic E-state index is 13.1. The monoisotopic (exact) mass is 649 g/mol. The molecule has 1 N–H and O–H groups in total. The van der Waals surface area contributed by atoms with Crippen molar-refractivity contribution in [2.45, 2.75) is 111 Å². The van der Waals surface area contributed by atoms with Gasteiger partial charge in [0.2, 0.25) is 0 Å². The average molecular weight is 650 g/mol. The summed E-state index contributed by atoms with van der Waals surface area (Å²) >= 11 is 0. The quantitative estimate of drug-likeness (QED) is 0.0612. The average Bonchev–Trinajstić information content (AvgIpc) is 3.04. The van der Waals surface area contributed by atoms with Crippen molar-refractivity contribution in [1.29, 1.82) is 0 Å². The van der Waals surface area contributed by atoms with Crippen LogP contribution in [0.4, 0.5) is 0 Å². The predicted molar refractivity (Wildman–Crippen MR) is 182 cm³/mol. The minimum atomic E-state index is -0.572. The first kappa shape index (κ1) is 41.4. The number of aliphatic hydroxyl groups excluding tert-OH is 1. The number of likely N-dealkylation sites (N-methyl/N-ethyl adjacent to an activating group) is 1. The maximum atomic E-state index is 13.1. The van der Waals surface area contributed by atoms with Crippen LogP contribution in [-0.2, 0) is 28.6 Å². The molecule has 9 heteroatoms. The maximum Gasteiger partial charge on any atom is 0.311 e. The first-order chi connectivity index (χ1) is 22.0. The van der Waals surface area contributed by atoms with E-state index in [1.165, 1.54) is 0 Å². The van der Waals surface area contributed by atoms with E-state index in [0.717, 1.165) is 76.4 Å². The van der Waals surface area contributed by atoms with Crippen LogP contribution in [0.5, 0.6) is 5.75 Å². The molecule has 0 radical (unpaired) electrons. The van der Waals surface area contributed by atoms with Crippen LogP contribution in [0.3, 0.4) is 0 Å². The van der Waals surface area contributed by atoms with Crippen molar-refractivity contribution < 1.29 is 38.4 Å². The van der Waals surface area contributed by atoms with Gasteiger partial charge in [0.05, 0.1) is 23.4 Å². The highest BCUT2D eigenvalue weighted by Crippen LogP contribution is 2.33. The Hall–Kier alpha value is -2.65. The molecule has 0 saturated heterocycles. The highest BCUT2D eigenvalue weighted by Gasteiger charge is 2.34. The SMILES string of the molecule is CCCC(C)(CCCCCC(CCCCCC(C)(CC)C(=O)OCCO)C(=O)OCCOc1ccccc1)C(=O)OCCN(C)C. The first-order valence-electron chi connectivity index (χ1n) is 17.5. The van der Waals surface area contributed by atoms with Crippen LogP contribution in [0, 0.1) is 16.7 Å². The molecule has 0 aliphatic heterocycles. The Labute approximate surface area is 278 Å². The topological polar surface area (TPSA) is 112 Å². The number of ether oxygens (including phenoxy) is 4. The number of rotatable bonds is 27. The van der Waals surface area contributed by atoms with Gasteiger partial charge < -0.3 is 29.0 Å². The second-order valence-corrected chi connectivity index (χ2v) is 13.2. The highest BCUT2D eigenvalue weighted by atomic mass is 16.6. The Morgan fingerprint density at radius 3 is 1.89 bits per heavy atom. The molecule has 0 fully saturated rings. The van der Waals surface area contributed by atoms with Gasteiger partial charge in [-0.3, -0.25) is 14.4 Å². The fourth-order valence-electron chi connectivity index (χ4n) is 5.59. The normalized spacial score (nSPS) is 14.6. The lowest BCUT2D eigenvalue weighted by Crippen LogP contribution is -2.32. The van der Waals surface area contributed by atoms with E-state index in [1.807, 2.05) is 70.1 Å². The molecule has 0 aliphatic rings. The summed E-state index contributed by atoms with van der Waals surface area (Å²) in [5.74, 6) is -0.0351. The highest BCUT2D eigenvalue weighted by molar-refractivity contribution is 5.76. The minimum Gasteiger partial charge on any atom is -0.490 e. The van der Waals surface area contributed by atoms with Gasteiger partial charge in [-0.1, -0.05) is 77.0 Å². The van der Waals surface area contributed by atoms with Crippen molar-refractivity contribution in [2.75, 3.05) is 53.7 Å². The van der Waals surface area contributed by atoms with E-state index in [0.29, 0.717) is 32.6 Å². The molecule has 0 amide bonds. The Morgan fingerprint density at radius 2 is 1.33 bits per heavy atom. The molecule has 3 unspecified atom stereocenters. The number of benzene rings is 1. The van der Waals surface area contributed by atoms with Gasteiger partial charge in [-0.25, -0.2) is 0 Å². The summed E-state index contributed by atoms with van der Waals surface area (Å²) in [6.07, 6.45) is 10.6. The standard InChI is InChI=1S/C37H63NO8/c1-7-22-37(4,35(42)45-27-25-38(5)6)24-17-11-13-19-31(33(40)44-30-29-43-32-20-14-9-15-21-32)18-12-10-16-23-36(3,8-2)34(41)46-28-26-39/h9,14-15,20-21,31,39H,7-8,10-13,16-19,22-30H2,1-6H3. The third-order valence-electron chi connectivity index (χ3n) is 8.90. The number of para-hydroxylation sites is 1. The molecule has 264 valence electrons. The lowest BCUT2D eigenvalue weighted by molar-refractivity contribution is -0.157. The van der Waals surface area contributed by atoms with Crippen LogP contribution in [0.25, 0.3) is 0 Å². The summed E-state index contributed by atoms with van der Waals surface area (Å²) in [7, 11) is 3.92. The molecule has 0 heterocycles. The largest absolute Gasteiger partial charge is 0.490 e. The summed E-state index contributed by atoms with van der Waals surface area (Å²) in [5.41, 5.74) is -1.06. The fraction of sp³-hybridized carbons (Fsp3) is 0.757. The number of nitrogens with zero attached hydrogens (tertiary/aromatic N) is 1. The van der Waals surface area contributed by atoms with Gasteiger partial charge in [0.25, 0.3) is 0 Å². The van der Waals surface area contributed by atoms with Gasteiger partial charge in [-0.05, 0) is 78.6 Å². The Kier molecular flexibility index (Phi) is 21.3. The Morgan fingerprint density at radius 1 is 0.739 bits per heavy atom. The number of carbonyl (C=O) groups excluding carboxylic acids is 3. The number of hydrogen-bond donors (Lipinski definition) is 1. The molecule has 1 aromatic rings. The van der Waals surface area contributed by atoms with Crippen molar-refractivity contribution in [1.82, 2.24) is 4.90 Å². The zero-order chi connectivity index (χ0) is 34.3. The Bertz CT molecular complexity index is 971. The van der Waals surface area contributed by atoms with E-state index in [2.05, 4.69) is 6.92 Å². The van der Waals surface area contributed by atoms with Gasteiger partial charge in [-0.2, -0.15) is 0 Å². The lowest BCUT2D eigenvalue weighted by atomic mass is 9.80. The van der Waals surface area contributed by atoms with Crippen LogP contribution in [0.2, 0.25) is 0 Å². The molecule has 0 bridgehead atoms. The molecular weight excluding hydrogens is 586 g/mol. The van der Waals surface area contributed by atoms with E-state index in [1.54, 1.807) is 0 Å².